The first-order chi connectivity index (χ1) is 9.63. The molecular weight excluding hydrogens is 318 g/mol. The fourth-order valence-electron chi connectivity index (χ4n) is 1.63. The van der Waals surface area contributed by atoms with Gasteiger partial charge in [0.25, 0.3) is 5.69 Å². The predicted octanol–water partition coefficient (Wildman–Crippen LogP) is 0.612. The Labute approximate surface area is 125 Å². The minimum atomic E-state index is -4.08. The molecule has 0 bridgehead atoms. The van der Waals surface area contributed by atoms with Crippen molar-refractivity contribution < 1.29 is 17.6 Å². The van der Waals surface area contributed by atoms with Crippen molar-refractivity contribution in [1.82, 2.24) is 4.72 Å². The molecule has 8 nitrogen and oxygen atoms in total. The van der Waals surface area contributed by atoms with Crippen LogP contribution in [0, 0.1) is 10.1 Å². The van der Waals surface area contributed by atoms with Gasteiger partial charge in [0.05, 0.1) is 4.92 Å². The van der Waals surface area contributed by atoms with Gasteiger partial charge in [-0.05, 0) is 25.5 Å². The van der Waals surface area contributed by atoms with Crippen LogP contribution < -0.4 is 10.5 Å². The highest BCUT2D eigenvalue weighted by atomic mass is 32.2. The highest BCUT2D eigenvalue weighted by Crippen LogP contribution is 2.26. The first-order valence-electron chi connectivity index (χ1n) is 5.99. The van der Waals surface area contributed by atoms with Crippen molar-refractivity contribution in [2.75, 3.05) is 17.7 Å². The number of nitrogens with one attached hydrogen (secondary N) is 1. The first-order valence-corrected chi connectivity index (χ1v) is 9.21. The molecule has 0 aromatic heterocycles. The van der Waals surface area contributed by atoms with E-state index in [1.54, 1.807) is 6.92 Å². The van der Waals surface area contributed by atoms with Gasteiger partial charge in [-0.15, -0.1) is 0 Å². The number of nitrogens with two attached hydrogens (primary N) is 1. The smallest absolute Gasteiger partial charge is 0.289 e. The Bertz CT molecular complexity index is 660. The highest BCUT2D eigenvalue weighted by molar-refractivity contribution is 7.89. The third-order valence-corrected chi connectivity index (χ3v) is 5.09. The summed E-state index contributed by atoms with van der Waals surface area (Å²) in [6, 6.07) is 2.86. The van der Waals surface area contributed by atoms with E-state index in [1.807, 2.05) is 0 Å². The molecule has 3 N–H and O–H groups in total. The Morgan fingerprint density at radius 1 is 1.48 bits per heavy atom. The quantitative estimate of drug-likeness (QED) is 0.426. The molecule has 0 amide bonds. The molecular formula is C11H17N3O5S2. The number of anilines is 1. The summed E-state index contributed by atoms with van der Waals surface area (Å²) in [6.07, 6.45) is 1.88. The van der Waals surface area contributed by atoms with Crippen LogP contribution in [0.5, 0.6) is 0 Å². The average molecular weight is 335 g/mol. The summed E-state index contributed by atoms with van der Waals surface area (Å²) in [6.45, 7) is 1.60. The molecule has 0 spiro atoms. The van der Waals surface area contributed by atoms with Crippen LogP contribution in [-0.2, 0) is 20.8 Å². The number of nitro benzene ring substituents is 1. The summed E-state index contributed by atoms with van der Waals surface area (Å²) in [5.41, 5.74) is 5.07. The predicted molar refractivity (Wildman–Crippen MR) is 80.8 cm³/mol. The summed E-state index contributed by atoms with van der Waals surface area (Å²) < 4.78 is 37.8. The van der Waals surface area contributed by atoms with Crippen LogP contribution in [0.15, 0.2) is 23.1 Å². The molecule has 118 valence electrons. The maximum Gasteiger partial charge on any atom is 0.289 e. The third kappa shape index (κ3) is 5.06. The van der Waals surface area contributed by atoms with Crippen molar-refractivity contribution in [2.24, 2.45) is 0 Å². The molecule has 10 heteroatoms. The minimum absolute atomic E-state index is 0.114. The van der Waals surface area contributed by atoms with Crippen LogP contribution in [0.3, 0.4) is 0 Å². The van der Waals surface area contributed by atoms with Crippen LogP contribution in [0.2, 0.25) is 0 Å². The van der Waals surface area contributed by atoms with Crippen molar-refractivity contribution in [3.63, 3.8) is 0 Å². The van der Waals surface area contributed by atoms with Crippen LogP contribution in [0.25, 0.3) is 0 Å². The van der Waals surface area contributed by atoms with E-state index in [1.165, 1.54) is 12.3 Å². The topological polar surface area (TPSA) is 132 Å². The van der Waals surface area contributed by atoms with E-state index in [0.717, 1.165) is 12.1 Å². The molecule has 0 aliphatic heterocycles. The normalized spacial score (nSPS) is 14.6. The molecule has 21 heavy (non-hydrogen) atoms. The molecule has 1 aromatic rings. The Kier molecular flexibility index (Phi) is 5.81. The number of rotatable bonds is 7. The largest absolute Gasteiger partial charge is 0.399 e. The van der Waals surface area contributed by atoms with E-state index in [4.69, 9.17) is 5.73 Å². The zero-order chi connectivity index (χ0) is 16.2. The summed E-state index contributed by atoms with van der Waals surface area (Å²) in [5, 5.41) is 10.9. The summed E-state index contributed by atoms with van der Waals surface area (Å²) in [5.74, 6) is 0.336. The lowest BCUT2D eigenvalue weighted by Crippen LogP contribution is -2.34. The Morgan fingerprint density at radius 3 is 2.62 bits per heavy atom. The standard InChI is InChI=1S/C11H17N3O5S2/c1-8(5-6-20(2)17)13-21(18,19)11-7-9(12)3-4-10(11)14(15)16/h3-4,7-8,13H,5-6,12H2,1-2H3. The van der Waals surface area contributed by atoms with Gasteiger partial charge in [-0.1, -0.05) is 0 Å². The van der Waals surface area contributed by atoms with Gasteiger partial charge in [0.15, 0.2) is 4.90 Å². The Hall–Kier alpha value is -1.52. The highest BCUT2D eigenvalue weighted by Gasteiger charge is 2.27. The zero-order valence-electron chi connectivity index (χ0n) is 11.6. The maximum atomic E-state index is 12.2. The lowest BCUT2D eigenvalue weighted by atomic mass is 10.3. The van der Waals surface area contributed by atoms with Gasteiger partial charge < -0.3 is 5.73 Å². The molecule has 0 aliphatic carbocycles. The molecule has 2 unspecified atom stereocenters. The number of sulfonamides is 1. The summed E-state index contributed by atoms with van der Waals surface area (Å²) in [7, 11) is -5.11. The number of nitro groups is 1. The molecule has 0 heterocycles. The fourth-order valence-corrected chi connectivity index (χ4v) is 3.80. The van der Waals surface area contributed by atoms with Gasteiger partial charge in [-0.25, -0.2) is 13.1 Å². The van der Waals surface area contributed by atoms with E-state index >= 15 is 0 Å². The fraction of sp³-hybridized carbons (Fsp3) is 0.455. The lowest BCUT2D eigenvalue weighted by Gasteiger charge is -2.14. The molecule has 0 saturated carbocycles. The molecule has 1 aromatic carbocycles. The number of nitrogens with zero attached hydrogens (tertiary/aromatic N) is 1. The molecule has 0 fully saturated rings. The van der Waals surface area contributed by atoms with Crippen LogP contribution >= 0.6 is 0 Å². The van der Waals surface area contributed by atoms with Crippen molar-refractivity contribution in [3.05, 3.63) is 28.3 Å². The van der Waals surface area contributed by atoms with Gasteiger partial charge in [-0.3, -0.25) is 14.3 Å². The van der Waals surface area contributed by atoms with Crippen molar-refractivity contribution in [3.8, 4) is 0 Å². The second kappa shape index (κ2) is 6.96. The molecule has 0 aliphatic rings. The molecule has 1 rings (SSSR count). The summed E-state index contributed by atoms with van der Waals surface area (Å²) in [4.78, 5) is 9.66. The van der Waals surface area contributed by atoms with Crippen molar-refractivity contribution in [1.29, 1.82) is 0 Å². The molecule has 0 radical (unpaired) electrons. The number of benzene rings is 1. The van der Waals surface area contributed by atoms with Gasteiger partial charge in [0.2, 0.25) is 10.0 Å². The zero-order valence-corrected chi connectivity index (χ0v) is 13.2. The van der Waals surface area contributed by atoms with E-state index in [0.29, 0.717) is 12.2 Å². The van der Waals surface area contributed by atoms with Gasteiger partial charge in [-0.2, -0.15) is 0 Å². The van der Waals surface area contributed by atoms with Gasteiger partial charge in [0.1, 0.15) is 0 Å². The Balaban J connectivity index is 3.05. The second-order valence-electron chi connectivity index (χ2n) is 4.57. The van der Waals surface area contributed by atoms with E-state index in [2.05, 4.69) is 4.72 Å². The van der Waals surface area contributed by atoms with Crippen molar-refractivity contribution in [2.45, 2.75) is 24.3 Å². The van der Waals surface area contributed by atoms with Gasteiger partial charge >= 0.3 is 0 Å². The number of hydrogen-bond donors (Lipinski definition) is 2. The second-order valence-corrected chi connectivity index (χ2v) is 7.81. The average Bonchev–Trinajstić information content (AvgIpc) is 2.35. The van der Waals surface area contributed by atoms with Gasteiger partial charge in [0, 0.05) is 40.6 Å². The maximum absolute atomic E-state index is 12.2. The summed E-state index contributed by atoms with van der Waals surface area (Å²) >= 11 is 0. The molecule has 0 saturated heterocycles. The van der Waals surface area contributed by atoms with Crippen LogP contribution in [0.4, 0.5) is 11.4 Å². The number of hydrogen-bond acceptors (Lipinski definition) is 6. The molecule has 2 atom stereocenters. The van der Waals surface area contributed by atoms with E-state index < -0.39 is 42.4 Å². The third-order valence-electron chi connectivity index (χ3n) is 2.66. The lowest BCUT2D eigenvalue weighted by molar-refractivity contribution is -0.387. The van der Waals surface area contributed by atoms with Crippen LogP contribution in [0.1, 0.15) is 13.3 Å². The van der Waals surface area contributed by atoms with Crippen LogP contribution in [-0.4, -0.2) is 35.6 Å². The first kappa shape index (κ1) is 17.5. The van der Waals surface area contributed by atoms with Crippen molar-refractivity contribution >= 4 is 32.2 Å². The SMILES string of the molecule is CC(CCS(C)=O)NS(=O)(=O)c1cc(N)ccc1[N+](=O)[O-]. The van der Waals surface area contributed by atoms with E-state index in [9.17, 15) is 22.7 Å². The minimum Gasteiger partial charge on any atom is -0.399 e. The Morgan fingerprint density at radius 2 is 2.10 bits per heavy atom. The van der Waals surface area contributed by atoms with E-state index in [-0.39, 0.29) is 5.69 Å². The number of nitrogen functional groups attached to an aromatic ring is 1. The monoisotopic (exact) mass is 335 g/mol.